The summed E-state index contributed by atoms with van der Waals surface area (Å²) in [5.41, 5.74) is 0. The Balaban J connectivity index is 3.88. The number of aliphatic hydroxyl groups excluding tert-OH is 3. The molecule has 3 unspecified atom stereocenters. The molecule has 0 radical (unpaired) electrons. The normalized spacial score (nSPS) is 14.5. The molecule has 0 aliphatic rings. The van der Waals surface area contributed by atoms with Crippen LogP contribution in [0, 0.1) is 0 Å². The topological polar surface area (TPSA) is 89.8 Å². The van der Waals surface area contributed by atoms with Gasteiger partial charge in [-0.1, -0.05) is 115 Å². The lowest BCUT2D eigenvalue weighted by Gasteiger charge is -2.20. The van der Waals surface area contributed by atoms with Crippen LogP contribution < -0.4 is 5.32 Å². The summed E-state index contributed by atoms with van der Waals surface area (Å²) in [6.45, 7) is 4.13. The van der Waals surface area contributed by atoms with E-state index in [2.05, 4.69) is 31.3 Å². The van der Waals surface area contributed by atoms with Gasteiger partial charge in [0.2, 0.25) is 5.91 Å². The predicted octanol–water partition coefficient (Wildman–Crippen LogP) is 7.14. The molecule has 0 heterocycles. The van der Waals surface area contributed by atoms with E-state index in [1.165, 1.54) is 83.5 Å². The summed E-state index contributed by atoms with van der Waals surface area (Å²) < 4.78 is 0. The number of allylic oxidation sites excluding steroid dienone is 3. The summed E-state index contributed by atoms with van der Waals surface area (Å²) >= 11 is 0. The lowest BCUT2D eigenvalue weighted by atomic mass is 10.1. The molecular weight excluding hydrogens is 450 g/mol. The minimum atomic E-state index is -0.929. The smallest absolute Gasteiger partial charge is 0.222 e. The van der Waals surface area contributed by atoms with Crippen molar-refractivity contribution in [1.82, 2.24) is 5.32 Å². The van der Waals surface area contributed by atoms with E-state index in [9.17, 15) is 20.1 Å². The van der Waals surface area contributed by atoms with Crippen molar-refractivity contribution in [3.63, 3.8) is 0 Å². The molecule has 36 heavy (non-hydrogen) atoms. The Kier molecular flexibility index (Phi) is 26.0. The Morgan fingerprint density at radius 2 is 1.17 bits per heavy atom. The van der Waals surface area contributed by atoms with Crippen LogP contribution in [-0.2, 0) is 4.79 Å². The first-order chi connectivity index (χ1) is 17.5. The van der Waals surface area contributed by atoms with Crippen LogP contribution in [0.15, 0.2) is 24.3 Å². The zero-order valence-corrected chi connectivity index (χ0v) is 23.6. The summed E-state index contributed by atoms with van der Waals surface area (Å²) in [7, 11) is 0. The minimum Gasteiger partial charge on any atom is -0.394 e. The Morgan fingerprint density at radius 3 is 1.69 bits per heavy atom. The van der Waals surface area contributed by atoms with Gasteiger partial charge in [0.1, 0.15) is 0 Å². The second-order valence-corrected chi connectivity index (χ2v) is 10.4. The largest absolute Gasteiger partial charge is 0.394 e. The van der Waals surface area contributed by atoms with Crippen LogP contribution in [0.25, 0.3) is 0 Å². The van der Waals surface area contributed by atoms with Crippen LogP contribution in [0.3, 0.4) is 0 Å². The van der Waals surface area contributed by atoms with Gasteiger partial charge in [-0.2, -0.15) is 0 Å². The maximum Gasteiger partial charge on any atom is 0.222 e. The van der Waals surface area contributed by atoms with Crippen LogP contribution in [0.1, 0.15) is 142 Å². The van der Waals surface area contributed by atoms with E-state index in [1.807, 2.05) is 6.08 Å². The third-order valence-corrected chi connectivity index (χ3v) is 6.73. The Bertz CT molecular complexity index is 535. The second kappa shape index (κ2) is 26.9. The molecule has 0 aromatic heterocycles. The van der Waals surface area contributed by atoms with E-state index in [1.54, 1.807) is 6.08 Å². The van der Waals surface area contributed by atoms with E-state index in [0.717, 1.165) is 32.1 Å². The third kappa shape index (κ3) is 23.2. The van der Waals surface area contributed by atoms with E-state index >= 15 is 0 Å². The highest BCUT2D eigenvalue weighted by atomic mass is 16.3. The summed E-state index contributed by atoms with van der Waals surface area (Å²) in [6.07, 6.45) is 28.7. The van der Waals surface area contributed by atoms with Crippen LogP contribution in [0.5, 0.6) is 0 Å². The fourth-order valence-electron chi connectivity index (χ4n) is 4.34. The minimum absolute atomic E-state index is 0.00728. The van der Waals surface area contributed by atoms with E-state index in [4.69, 9.17) is 0 Å². The van der Waals surface area contributed by atoms with Crippen LogP contribution in [0.2, 0.25) is 0 Å². The lowest BCUT2D eigenvalue weighted by molar-refractivity contribution is -0.124. The van der Waals surface area contributed by atoms with Crippen molar-refractivity contribution in [2.75, 3.05) is 6.61 Å². The standard InChI is InChI=1S/C31H59NO4/c1-3-5-7-9-11-13-15-16-18-20-22-24-28(34)26-31(36)32-29(27-33)30(35)25-23-21-19-17-14-12-10-8-6-4-2/h16,18,23,25,28-30,33-35H,3-15,17,19-22,24,26-27H2,1-2H3,(H,32,36)/b18-16-,25-23+. The van der Waals surface area contributed by atoms with Crippen LogP contribution in [-0.4, -0.2) is 46.1 Å². The molecular formula is C31H59NO4. The molecule has 0 aromatic carbocycles. The molecule has 1 amide bonds. The number of hydrogen-bond donors (Lipinski definition) is 4. The van der Waals surface area contributed by atoms with Gasteiger partial charge in [-0.15, -0.1) is 0 Å². The molecule has 3 atom stereocenters. The SMILES string of the molecule is CCCCCCCC/C=C\CCCC(O)CC(=O)NC(CO)C(O)/C=C/CCCCCCCCCC. The number of carbonyl (C=O) groups is 1. The lowest BCUT2D eigenvalue weighted by Crippen LogP contribution is -2.45. The molecule has 0 bridgehead atoms. The van der Waals surface area contributed by atoms with Gasteiger partial charge in [-0.25, -0.2) is 0 Å². The first kappa shape index (κ1) is 34.8. The fourth-order valence-corrected chi connectivity index (χ4v) is 4.34. The number of aliphatic hydroxyl groups is 3. The fraction of sp³-hybridized carbons (Fsp3) is 0.839. The molecule has 0 aliphatic carbocycles. The highest BCUT2D eigenvalue weighted by Gasteiger charge is 2.19. The van der Waals surface area contributed by atoms with E-state index in [-0.39, 0.29) is 18.9 Å². The van der Waals surface area contributed by atoms with Crippen LogP contribution in [0.4, 0.5) is 0 Å². The van der Waals surface area contributed by atoms with Crippen molar-refractivity contribution in [3.05, 3.63) is 24.3 Å². The van der Waals surface area contributed by atoms with Gasteiger partial charge in [-0.05, 0) is 44.9 Å². The van der Waals surface area contributed by atoms with Crippen LogP contribution >= 0.6 is 0 Å². The van der Waals surface area contributed by atoms with E-state index < -0.39 is 18.2 Å². The van der Waals surface area contributed by atoms with Gasteiger partial charge in [0.25, 0.3) is 0 Å². The van der Waals surface area contributed by atoms with Crippen molar-refractivity contribution >= 4 is 5.91 Å². The highest BCUT2D eigenvalue weighted by Crippen LogP contribution is 2.11. The molecule has 0 aromatic rings. The number of unbranched alkanes of at least 4 members (excludes halogenated alkanes) is 15. The molecule has 5 heteroatoms. The summed E-state index contributed by atoms with van der Waals surface area (Å²) in [6, 6.07) is -0.746. The molecule has 0 saturated heterocycles. The van der Waals surface area contributed by atoms with Crippen molar-refractivity contribution in [2.45, 2.75) is 161 Å². The first-order valence-corrected chi connectivity index (χ1v) is 15.1. The first-order valence-electron chi connectivity index (χ1n) is 15.1. The van der Waals surface area contributed by atoms with Gasteiger partial charge in [0.05, 0.1) is 31.3 Å². The van der Waals surface area contributed by atoms with Crippen molar-refractivity contribution in [2.24, 2.45) is 0 Å². The zero-order valence-electron chi connectivity index (χ0n) is 23.6. The molecule has 5 nitrogen and oxygen atoms in total. The molecule has 0 rings (SSSR count). The Labute approximate surface area is 222 Å². The van der Waals surface area contributed by atoms with Crippen molar-refractivity contribution in [1.29, 1.82) is 0 Å². The number of amides is 1. The quantitative estimate of drug-likeness (QED) is 0.0737. The monoisotopic (exact) mass is 509 g/mol. The number of rotatable bonds is 26. The van der Waals surface area contributed by atoms with Crippen molar-refractivity contribution < 1.29 is 20.1 Å². The molecule has 0 fully saturated rings. The van der Waals surface area contributed by atoms with E-state index in [0.29, 0.717) is 6.42 Å². The van der Waals surface area contributed by atoms with Gasteiger partial charge < -0.3 is 20.6 Å². The van der Waals surface area contributed by atoms with Gasteiger partial charge in [0, 0.05) is 0 Å². The number of nitrogens with one attached hydrogen (secondary N) is 1. The summed E-state index contributed by atoms with van der Waals surface area (Å²) in [4.78, 5) is 12.2. The number of hydrogen-bond acceptors (Lipinski definition) is 4. The maximum atomic E-state index is 12.2. The summed E-state index contributed by atoms with van der Waals surface area (Å²) in [5, 5.41) is 32.7. The molecule has 4 N–H and O–H groups in total. The second-order valence-electron chi connectivity index (χ2n) is 10.4. The molecule has 212 valence electrons. The molecule has 0 aliphatic heterocycles. The zero-order chi connectivity index (χ0) is 26.7. The highest BCUT2D eigenvalue weighted by molar-refractivity contribution is 5.76. The number of carbonyl (C=O) groups excluding carboxylic acids is 1. The van der Waals surface area contributed by atoms with Crippen molar-refractivity contribution in [3.8, 4) is 0 Å². The average molecular weight is 510 g/mol. The maximum absolute atomic E-state index is 12.2. The van der Waals surface area contributed by atoms with Gasteiger partial charge in [0.15, 0.2) is 0 Å². The third-order valence-electron chi connectivity index (χ3n) is 6.73. The summed E-state index contributed by atoms with van der Waals surface area (Å²) in [5.74, 6) is -0.337. The molecule has 0 saturated carbocycles. The average Bonchev–Trinajstić information content (AvgIpc) is 2.86. The molecule has 0 spiro atoms. The predicted molar refractivity (Wildman–Crippen MR) is 153 cm³/mol. The Morgan fingerprint density at radius 1 is 0.694 bits per heavy atom. The Hall–Kier alpha value is -1.17. The van der Waals surface area contributed by atoms with Gasteiger partial charge >= 0.3 is 0 Å². The van der Waals surface area contributed by atoms with Gasteiger partial charge in [-0.3, -0.25) is 4.79 Å².